The van der Waals surface area contributed by atoms with Crippen molar-refractivity contribution in [2.24, 2.45) is 11.0 Å². The van der Waals surface area contributed by atoms with E-state index in [0.29, 0.717) is 12.3 Å². The molecule has 0 spiro atoms. The summed E-state index contributed by atoms with van der Waals surface area (Å²) in [5.41, 5.74) is 0.952. The second-order valence-corrected chi connectivity index (χ2v) is 4.92. The van der Waals surface area contributed by atoms with Crippen LogP contribution < -0.4 is 0 Å². The van der Waals surface area contributed by atoms with Gasteiger partial charge in [-0.05, 0) is 39.5 Å². The van der Waals surface area contributed by atoms with Crippen molar-refractivity contribution < 1.29 is 4.79 Å². The fraction of sp³-hybridized carbons (Fsp3) is 0.800. The van der Waals surface area contributed by atoms with Crippen LogP contribution in [0, 0.1) is 5.92 Å². The van der Waals surface area contributed by atoms with E-state index in [1.807, 2.05) is 20.8 Å². The van der Waals surface area contributed by atoms with Crippen LogP contribution in [0.1, 0.15) is 40.0 Å². The number of carbonyl (C=O) groups excluding carboxylic acids is 1. The Hall–Kier alpha value is -0.860. The zero-order valence-corrected chi connectivity index (χ0v) is 8.50. The summed E-state index contributed by atoms with van der Waals surface area (Å²) in [5.74, 6) is 0.783. The Kier molecular flexibility index (Phi) is 1.72. The first-order valence-corrected chi connectivity index (χ1v) is 4.89. The standard InChI is InChI=1S/C10H16N2O/c1-10(2,3)12-9(13)6-8(11-12)7-4-5-7/h7H,4-6H2,1-3H3. The molecule has 1 fully saturated rings. The Balaban J connectivity index is 2.16. The molecule has 0 bridgehead atoms. The van der Waals surface area contributed by atoms with Crippen LogP contribution in [0.15, 0.2) is 5.10 Å². The molecule has 2 rings (SSSR count). The van der Waals surface area contributed by atoms with Crippen LogP contribution in [0.2, 0.25) is 0 Å². The molecule has 0 saturated heterocycles. The molecule has 0 radical (unpaired) electrons. The summed E-state index contributed by atoms with van der Waals surface area (Å²) in [5, 5.41) is 6.04. The van der Waals surface area contributed by atoms with Gasteiger partial charge >= 0.3 is 0 Å². The molecule has 0 atom stereocenters. The Labute approximate surface area is 78.8 Å². The van der Waals surface area contributed by atoms with Crippen molar-refractivity contribution in [3.05, 3.63) is 0 Å². The molecule has 1 aliphatic carbocycles. The Morgan fingerprint density at radius 3 is 2.38 bits per heavy atom. The molecule has 13 heavy (non-hydrogen) atoms. The van der Waals surface area contributed by atoms with Crippen molar-refractivity contribution in [2.75, 3.05) is 0 Å². The molecule has 3 nitrogen and oxygen atoms in total. The molecule has 3 heteroatoms. The summed E-state index contributed by atoms with van der Waals surface area (Å²) in [6, 6.07) is 0. The van der Waals surface area contributed by atoms with Gasteiger partial charge < -0.3 is 0 Å². The van der Waals surface area contributed by atoms with Crippen molar-refractivity contribution in [2.45, 2.75) is 45.6 Å². The van der Waals surface area contributed by atoms with E-state index in [2.05, 4.69) is 5.10 Å². The number of hydrogen-bond donors (Lipinski definition) is 0. The summed E-state index contributed by atoms with van der Waals surface area (Å²) in [4.78, 5) is 11.6. The predicted molar refractivity (Wildman–Crippen MR) is 51.4 cm³/mol. The van der Waals surface area contributed by atoms with E-state index in [1.165, 1.54) is 12.8 Å². The van der Waals surface area contributed by atoms with Crippen molar-refractivity contribution in [3.8, 4) is 0 Å². The highest BCUT2D eigenvalue weighted by Gasteiger charge is 2.38. The van der Waals surface area contributed by atoms with Gasteiger partial charge in [0.05, 0.1) is 17.7 Å². The summed E-state index contributed by atoms with van der Waals surface area (Å²) < 4.78 is 0. The number of hydrogen-bond acceptors (Lipinski definition) is 2. The molecule has 2 aliphatic rings. The van der Waals surface area contributed by atoms with Gasteiger partial charge in [0.2, 0.25) is 5.91 Å². The normalized spacial score (nSPS) is 23.8. The smallest absolute Gasteiger partial charge is 0.248 e. The highest BCUT2D eigenvalue weighted by atomic mass is 16.2. The second-order valence-electron chi connectivity index (χ2n) is 4.92. The average Bonchev–Trinajstić information content (AvgIpc) is 2.73. The van der Waals surface area contributed by atoms with Crippen molar-refractivity contribution in [1.82, 2.24) is 5.01 Å². The highest BCUT2D eigenvalue weighted by Crippen LogP contribution is 2.35. The molecule has 0 N–H and O–H groups in total. The maximum Gasteiger partial charge on any atom is 0.248 e. The number of rotatable bonds is 1. The van der Waals surface area contributed by atoms with E-state index in [4.69, 9.17) is 0 Å². The number of amides is 1. The molecular weight excluding hydrogens is 164 g/mol. The zero-order valence-electron chi connectivity index (χ0n) is 8.50. The Morgan fingerprint density at radius 1 is 1.38 bits per heavy atom. The average molecular weight is 180 g/mol. The van der Waals surface area contributed by atoms with Gasteiger partial charge in [-0.3, -0.25) is 4.79 Å². The third-order valence-electron chi connectivity index (χ3n) is 2.48. The van der Waals surface area contributed by atoms with Crippen LogP contribution in [0.5, 0.6) is 0 Å². The minimum absolute atomic E-state index is 0.159. The second kappa shape index (κ2) is 2.56. The van der Waals surface area contributed by atoms with E-state index in [9.17, 15) is 4.79 Å². The van der Waals surface area contributed by atoms with E-state index in [0.717, 1.165) is 5.71 Å². The lowest BCUT2D eigenvalue weighted by atomic mass is 10.1. The van der Waals surface area contributed by atoms with Gasteiger partial charge in [-0.2, -0.15) is 5.10 Å². The molecule has 72 valence electrons. The molecule has 0 aromatic rings. The molecule has 0 aromatic carbocycles. The fourth-order valence-corrected chi connectivity index (χ4v) is 1.62. The van der Waals surface area contributed by atoms with Crippen molar-refractivity contribution >= 4 is 11.6 Å². The van der Waals surface area contributed by atoms with Crippen molar-refractivity contribution in [3.63, 3.8) is 0 Å². The van der Waals surface area contributed by atoms with E-state index in [-0.39, 0.29) is 11.4 Å². The fourth-order valence-electron chi connectivity index (χ4n) is 1.62. The van der Waals surface area contributed by atoms with Gasteiger partial charge in [0.25, 0.3) is 0 Å². The van der Waals surface area contributed by atoms with Crippen molar-refractivity contribution in [1.29, 1.82) is 0 Å². The number of hydrazone groups is 1. The van der Waals surface area contributed by atoms with Gasteiger partial charge in [0, 0.05) is 0 Å². The third-order valence-corrected chi connectivity index (χ3v) is 2.48. The first-order chi connectivity index (χ1) is 5.98. The SMILES string of the molecule is CC(C)(C)N1N=C(C2CC2)CC1=O. The Morgan fingerprint density at radius 2 is 2.00 bits per heavy atom. The van der Waals surface area contributed by atoms with Crippen LogP contribution in [0.3, 0.4) is 0 Å². The van der Waals surface area contributed by atoms with Crippen LogP contribution in [-0.2, 0) is 4.79 Å². The highest BCUT2D eigenvalue weighted by molar-refractivity contribution is 6.07. The van der Waals surface area contributed by atoms with E-state index >= 15 is 0 Å². The maximum absolute atomic E-state index is 11.6. The first kappa shape index (κ1) is 8.73. The molecule has 1 aliphatic heterocycles. The topological polar surface area (TPSA) is 32.7 Å². The Bertz CT molecular complexity index is 271. The number of carbonyl (C=O) groups is 1. The van der Waals surface area contributed by atoms with Crippen LogP contribution in [-0.4, -0.2) is 22.2 Å². The van der Waals surface area contributed by atoms with Gasteiger partial charge in [0.15, 0.2) is 0 Å². The lowest BCUT2D eigenvalue weighted by Gasteiger charge is -2.27. The lowest BCUT2D eigenvalue weighted by molar-refractivity contribution is -0.133. The molecule has 1 heterocycles. The first-order valence-electron chi connectivity index (χ1n) is 4.89. The minimum atomic E-state index is -0.159. The summed E-state index contributed by atoms with van der Waals surface area (Å²) in [7, 11) is 0. The molecule has 1 amide bonds. The number of nitrogens with zero attached hydrogens (tertiary/aromatic N) is 2. The third kappa shape index (κ3) is 1.60. The zero-order chi connectivity index (χ0) is 9.64. The summed E-state index contributed by atoms with van der Waals surface area (Å²) in [6.07, 6.45) is 3.01. The molecule has 1 saturated carbocycles. The van der Waals surface area contributed by atoms with E-state index in [1.54, 1.807) is 5.01 Å². The maximum atomic E-state index is 11.6. The predicted octanol–water partition coefficient (Wildman–Crippen LogP) is 1.78. The van der Waals surface area contributed by atoms with Crippen LogP contribution >= 0.6 is 0 Å². The lowest BCUT2D eigenvalue weighted by Crippen LogP contribution is -2.38. The van der Waals surface area contributed by atoms with Crippen LogP contribution in [0.4, 0.5) is 0 Å². The van der Waals surface area contributed by atoms with Gasteiger partial charge in [-0.1, -0.05) is 0 Å². The van der Waals surface area contributed by atoms with Crippen LogP contribution in [0.25, 0.3) is 0 Å². The summed E-state index contributed by atoms with van der Waals surface area (Å²) in [6.45, 7) is 6.05. The monoisotopic (exact) mass is 180 g/mol. The van der Waals surface area contributed by atoms with E-state index < -0.39 is 0 Å². The largest absolute Gasteiger partial charge is 0.273 e. The van der Waals surface area contributed by atoms with Gasteiger partial charge in [-0.25, -0.2) is 5.01 Å². The van der Waals surface area contributed by atoms with Gasteiger partial charge in [0.1, 0.15) is 0 Å². The minimum Gasteiger partial charge on any atom is -0.273 e. The molecular formula is C10H16N2O. The molecule has 0 aromatic heterocycles. The molecule has 0 unspecified atom stereocenters. The van der Waals surface area contributed by atoms with Gasteiger partial charge in [-0.15, -0.1) is 0 Å². The quantitative estimate of drug-likeness (QED) is 0.605. The summed E-state index contributed by atoms with van der Waals surface area (Å²) >= 11 is 0.